The summed E-state index contributed by atoms with van der Waals surface area (Å²) >= 11 is 0. The first-order valence-corrected chi connectivity index (χ1v) is 7.08. The van der Waals surface area contributed by atoms with Crippen LogP contribution in [0.4, 0.5) is 0 Å². The molecule has 0 spiro atoms. The quantitative estimate of drug-likeness (QED) is 0.473. The van der Waals surface area contributed by atoms with Gasteiger partial charge in [-0.3, -0.25) is 4.79 Å². The van der Waals surface area contributed by atoms with Gasteiger partial charge in [-0.05, 0) is 26.7 Å². The van der Waals surface area contributed by atoms with Crippen LogP contribution in [0.2, 0.25) is 0 Å². The molecule has 0 fully saturated rings. The van der Waals surface area contributed by atoms with E-state index in [2.05, 4.69) is 26.1 Å². The number of nitrogens with one attached hydrogen (secondary N) is 1. The zero-order valence-corrected chi connectivity index (χ0v) is 11.9. The number of ether oxygens (including phenoxy) is 1. The van der Waals surface area contributed by atoms with Gasteiger partial charge in [0.2, 0.25) is 0 Å². The molecule has 0 aliphatic heterocycles. The number of carbonyl (C=O) groups is 1. The van der Waals surface area contributed by atoms with E-state index < -0.39 is 0 Å². The molecule has 0 bridgehead atoms. The molecule has 3 heteroatoms. The predicted molar refractivity (Wildman–Crippen MR) is 72.1 cm³/mol. The molecule has 0 aliphatic rings. The van der Waals surface area contributed by atoms with Crippen LogP contribution in [0.3, 0.4) is 0 Å². The summed E-state index contributed by atoms with van der Waals surface area (Å²) in [4.78, 5) is 11.8. The topological polar surface area (TPSA) is 38.3 Å². The van der Waals surface area contributed by atoms with Crippen molar-refractivity contribution in [3.05, 3.63) is 0 Å². The third-order valence-corrected chi connectivity index (χ3v) is 3.02. The third-order valence-electron chi connectivity index (χ3n) is 3.02. The molecular formula is C14H29NO2. The summed E-state index contributed by atoms with van der Waals surface area (Å²) in [6.45, 7) is 8.75. The van der Waals surface area contributed by atoms with E-state index in [-0.39, 0.29) is 12.0 Å². The van der Waals surface area contributed by atoms with Gasteiger partial charge in [0.1, 0.15) is 6.04 Å². The average Bonchev–Trinajstić information content (AvgIpc) is 2.33. The van der Waals surface area contributed by atoms with Gasteiger partial charge in [0.15, 0.2) is 0 Å². The lowest BCUT2D eigenvalue weighted by Crippen LogP contribution is -2.42. The lowest BCUT2D eigenvalue weighted by Gasteiger charge is -2.21. The zero-order chi connectivity index (χ0) is 13.1. The highest BCUT2D eigenvalue weighted by atomic mass is 16.5. The van der Waals surface area contributed by atoms with Crippen LogP contribution in [0, 0.1) is 0 Å². The second-order valence-electron chi connectivity index (χ2n) is 4.63. The molecule has 2 unspecified atom stereocenters. The van der Waals surface area contributed by atoms with Gasteiger partial charge < -0.3 is 10.1 Å². The van der Waals surface area contributed by atoms with E-state index in [1.54, 1.807) is 0 Å². The lowest BCUT2D eigenvalue weighted by atomic mass is 10.1. The van der Waals surface area contributed by atoms with Gasteiger partial charge in [0, 0.05) is 6.04 Å². The monoisotopic (exact) mass is 243 g/mol. The number of hydrogen-bond acceptors (Lipinski definition) is 3. The fourth-order valence-electron chi connectivity index (χ4n) is 1.75. The molecule has 0 aromatic rings. The van der Waals surface area contributed by atoms with E-state index in [0.29, 0.717) is 12.6 Å². The number of carbonyl (C=O) groups excluding carboxylic acids is 1. The van der Waals surface area contributed by atoms with Crippen molar-refractivity contribution in [2.75, 3.05) is 6.61 Å². The molecule has 2 atom stereocenters. The summed E-state index contributed by atoms with van der Waals surface area (Å²) in [7, 11) is 0. The van der Waals surface area contributed by atoms with Crippen LogP contribution in [-0.2, 0) is 9.53 Å². The number of hydrogen-bond donors (Lipinski definition) is 1. The van der Waals surface area contributed by atoms with E-state index >= 15 is 0 Å². The Hall–Kier alpha value is -0.570. The summed E-state index contributed by atoms with van der Waals surface area (Å²) < 4.78 is 5.10. The first-order valence-electron chi connectivity index (χ1n) is 7.08. The summed E-state index contributed by atoms with van der Waals surface area (Å²) in [5.41, 5.74) is 0. The zero-order valence-electron chi connectivity index (χ0n) is 11.9. The minimum absolute atomic E-state index is 0.0932. The van der Waals surface area contributed by atoms with Crippen LogP contribution < -0.4 is 5.32 Å². The van der Waals surface area contributed by atoms with Crippen LogP contribution >= 0.6 is 0 Å². The highest BCUT2D eigenvalue weighted by Crippen LogP contribution is 2.08. The Labute approximate surface area is 106 Å². The third kappa shape index (κ3) is 8.19. The molecule has 0 rings (SSSR count). The Kier molecular flexibility index (Phi) is 10.2. The molecule has 17 heavy (non-hydrogen) atoms. The van der Waals surface area contributed by atoms with Crippen molar-refractivity contribution < 1.29 is 9.53 Å². The largest absolute Gasteiger partial charge is 0.465 e. The molecule has 1 N–H and O–H groups in total. The van der Waals surface area contributed by atoms with E-state index in [0.717, 1.165) is 19.3 Å². The first-order chi connectivity index (χ1) is 8.15. The minimum Gasteiger partial charge on any atom is -0.465 e. The van der Waals surface area contributed by atoms with Crippen molar-refractivity contribution in [1.29, 1.82) is 0 Å². The molecule has 102 valence electrons. The normalized spacial score (nSPS) is 14.4. The van der Waals surface area contributed by atoms with Gasteiger partial charge in [-0.25, -0.2) is 0 Å². The Morgan fingerprint density at radius 1 is 1.18 bits per heavy atom. The number of esters is 1. The molecular weight excluding hydrogens is 214 g/mol. The first kappa shape index (κ1) is 16.4. The maximum Gasteiger partial charge on any atom is 0.323 e. The molecule has 3 nitrogen and oxygen atoms in total. The SMILES string of the molecule is CCCCCCC(NC(C)CC)C(=O)OCC. The summed E-state index contributed by atoms with van der Waals surface area (Å²) in [5, 5.41) is 3.35. The number of unbranched alkanes of at least 4 members (excludes halogenated alkanes) is 3. The van der Waals surface area contributed by atoms with Crippen molar-refractivity contribution in [2.24, 2.45) is 0 Å². The van der Waals surface area contributed by atoms with Gasteiger partial charge in [-0.2, -0.15) is 0 Å². The molecule has 0 saturated carbocycles. The van der Waals surface area contributed by atoms with Crippen LogP contribution in [0.15, 0.2) is 0 Å². The highest BCUT2D eigenvalue weighted by Gasteiger charge is 2.20. The van der Waals surface area contributed by atoms with Gasteiger partial charge in [0.25, 0.3) is 0 Å². The van der Waals surface area contributed by atoms with E-state index in [1.807, 2.05) is 6.92 Å². The van der Waals surface area contributed by atoms with Gasteiger partial charge >= 0.3 is 5.97 Å². The predicted octanol–water partition coefficient (Wildman–Crippen LogP) is 3.28. The van der Waals surface area contributed by atoms with Gasteiger partial charge in [0.05, 0.1) is 6.61 Å². The molecule has 0 amide bonds. The molecule has 0 saturated heterocycles. The molecule has 0 aromatic carbocycles. The van der Waals surface area contributed by atoms with Gasteiger partial charge in [-0.15, -0.1) is 0 Å². The minimum atomic E-state index is -0.123. The van der Waals surface area contributed by atoms with Crippen molar-refractivity contribution in [3.63, 3.8) is 0 Å². The van der Waals surface area contributed by atoms with E-state index in [4.69, 9.17) is 4.74 Å². The Morgan fingerprint density at radius 3 is 2.41 bits per heavy atom. The summed E-state index contributed by atoms with van der Waals surface area (Å²) in [6.07, 6.45) is 6.70. The average molecular weight is 243 g/mol. The van der Waals surface area contributed by atoms with Crippen LogP contribution in [0.5, 0.6) is 0 Å². The maximum atomic E-state index is 11.8. The summed E-state index contributed by atoms with van der Waals surface area (Å²) in [6, 6.07) is 0.248. The standard InChI is InChI=1S/C14H29NO2/c1-5-8-9-10-11-13(14(16)17-7-3)15-12(4)6-2/h12-13,15H,5-11H2,1-4H3. The van der Waals surface area contributed by atoms with Gasteiger partial charge in [-0.1, -0.05) is 39.5 Å². The molecule has 0 aliphatic carbocycles. The van der Waals surface area contributed by atoms with Crippen LogP contribution in [0.25, 0.3) is 0 Å². The smallest absolute Gasteiger partial charge is 0.323 e. The maximum absolute atomic E-state index is 11.8. The van der Waals surface area contributed by atoms with Crippen molar-refractivity contribution >= 4 is 5.97 Å². The molecule has 0 aromatic heterocycles. The fraction of sp³-hybridized carbons (Fsp3) is 0.929. The van der Waals surface area contributed by atoms with Crippen LogP contribution in [0.1, 0.15) is 66.2 Å². The molecule has 0 heterocycles. The van der Waals surface area contributed by atoms with Crippen LogP contribution in [-0.4, -0.2) is 24.7 Å². The Balaban J connectivity index is 4.05. The Morgan fingerprint density at radius 2 is 1.88 bits per heavy atom. The van der Waals surface area contributed by atoms with Crippen molar-refractivity contribution in [1.82, 2.24) is 5.32 Å². The van der Waals surface area contributed by atoms with Crippen molar-refractivity contribution in [2.45, 2.75) is 78.3 Å². The highest BCUT2D eigenvalue weighted by molar-refractivity contribution is 5.75. The lowest BCUT2D eigenvalue weighted by molar-refractivity contribution is -0.146. The van der Waals surface area contributed by atoms with E-state index in [1.165, 1.54) is 19.3 Å². The summed E-state index contributed by atoms with van der Waals surface area (Å²) in [5.74, 6) is -0.0932. The second-order valence-corrected chi connectivity index (χ2v) is 4.63. The number of rotatable bonds is 10. The van der Waals surface area contributed by atoms with Crippen molar-refractivity contribution in [3.8, 4) is 0 Å². The molecule has 0 radical (unpaired) electrons. The second kappa shape index (κ2) is 10.6. The fourth-order valence-corrected chi connectivity index (χ4v) is 1.75. The van der Waals surface area contributed by atoms with E-state index in [9.17, 15) is 4.79 Å². The Bertz CT molecular complexity index is 195.